The molecule has 6 rings (SSSR count). The highest BCUT2D eigenvalue weighted by atomic mass is 19.1. The van der Waals surface area contributed by atoms with Crippen molar-refractivity contribution in [2.24, 2.45) is 17.8 Å². The lowest BCUT2D eigenvalue weighted by atomic mass is 10.0. The molecule has 2 saturated heterocycles. The third kappa shape index (κ3) is 5.79. The first-order chi connectivity index (χ1) is 19.5. The van der Waals surface area contributed by atoms with Crippen LogP contribution in [0.5, 0.6) is 0 Å². The number of nitrogens with zero attached hydrogens (tertiary/aromatic N) is 3. The molecule has 2 aliphatic heterocycles. The van der Waals surface area contributed by atoms with Crippen LogP contribution < -0.4 is 9.80 Å². The number of anilines is 2. The summed E-state index contributed by atoms with van der Waals surface area (Å²) in [5, 5.41) is 0. The number of aryl methyl sites for hydroxylation is 2. The Morgan fingerprint density at radius 1 is 0.975 bits per heavy atom. The van der Waals surface area contributed by atoms with Crippen LogP contribution in [0.3, 0.4) is 0 Å². The fourth-order valence-corrected chi connectivity index (χ4v) is 6.63. The molecule has 0 aromatic heterocycles. The highest BCUT2D eigenvalue weighted by Crippen LogP contribution is 2.52. The Balaban J connectivity index is 1.15. The van der Waals surface area contributed by atoms with Crippen LogP contribution in [0.2, 0.25) is 0 Å². The van der Waals surface area contributed by atoms with Gasteiger partial charge < -0.3 is 14.5 Å². The number of ether oxygens (including phenoxy) is 1. The summed E-state index contributed by atoms with van der Waals surface area (Å²) in [5.74, 6) is 1.42. The highest BCUT2D eigenvalue weighted by Gasteiger charge is 2.56. The molecule has 1 aliphatic carbocycles. The molecular weight excluding hydrogens is 501 g/mol. The summed E-state index contributed by atoms with van der Waals surface area (Å²) in [7, 11) is 0. The average Bonchev–Trinajstić information content (AvgIpc) is 3.42. The number of hydrogen-bond donors (Lipinski definition) is 0. The lowest BCUT2D eigenvalue weighted by Gasteiger charge is -2.30. The second-order valence-electron chi connectivity index (χ2n) is 11.7. The zero-order valence-electron chi connectivity index (χ0n) is 23.7. The maximum atomic E-state index is 15.4. The molecule has 0 N–H and O–H groups in total. The van der Waals surface area contributed by atoms with Crippen molar-refractivity contribution >= 4 is 17.3 Å². The number of hydrogen-bond acceptors (Lipinski definition) is 4. The standard InChI is InChI=1S/C34H40FN3O2/c1-3-25-8-10-26(11-9-25)20-36-21-29-30(22-36)31(29)23-38(34(39)18-27-7-5-4-6-24(27)2)28-12-13-33(32(35)19-28)37-14-16-40-17-15-37/h4-13,19,29-31H,3,14-18,20-23H2,1-2H3. The van der Waals surface area contributed by atoms with Gasteiger partial charge in [0.25, 0.3) is 0 Å². The van der Waals surface area contributed by atoms with Crippen LogP contribution in [0.1, 0.15) is 29.2 Å². The smallest absolute Gasteiger partial charge is 0.231 e. The normalized spacial score (nSPS) is 22.3. The third-order valence-corrected chi connectivity index (χ3v) is 9.18. The van der Waals surface area contributed by atoms with Crippen molar-refractivity contribution in [1.29, 1.82) is 0 Å². The van der Waals surface area contributed by atoms with Gasteiger partial charge in [-0.05, 0) is 71.6 Å². The van der Waals surface area contributed by atoms with E-state index in [4.69, 9.17) is 4.74 Å². The molecule has 2 atom stereocenters. The van der Waals surface area contributed by atoms with Crippen molar-refractivity contribution in [3.05, 3.63) is 94.8 Å². The molecule has 3 aromatic rings. The van der Waals surface area contributed by atoms with E-state index < -0.39 is 0 Å². The van der Waals surface area contributed by atoms with Crippen LogP contribution >= 0.6 is 0 Å². The molecule has 3 fully saturated rings. The summed E-state index contributed by atoms with van der Waals surface area (Å²) < 4.78 is 20.8. The third-order valence-electron chi connectivity index (χ3n) is 9.18. The van der Waals surface area contributed by atoms with E-state index in [2.05, 4.69) is 36.1 Å². The zero-order valence-corrected chi connectivity index (χ0v) is 23.7. The maximum Gasteiger partial charge on any atom is 0.231 e. The van der Waals surface area contributed by atoms with E-state index in [1.54, 1.807) is 6.07 Å². The molecule has 6 heteroatoms. The summed E-state index contributed by atoms with van der Waals surface area (Å²) in [5.41, 5.74) is 6.11. The van der Waals surface area contributed by atoms with E-state index in [0.717, 1.165) is 37.2 Å². The quantitative estimate of drug-likeness (QED) is 0.359. The van der Waals surface area contributed by atoms with Gasteiger partial charge in [0.1, 0.15) is 5.82 Å². The van der Waals surface area contributed by atoms with Gasteiger partial charge in [0, 0.05) is 45.0 Å². The van der Waals surface area contributed by atoms with Gasteiger partial charge in [-0.1, -0.05) is 55.5 Å². The van der Waals surface area contributed by atoms with Crippen molar-refractivity contribution < 1.29 is 13.9 Å². The molecule has 1 saturated carbocycles. The second-order valence-corrected chi connectivity index (χ2v) is 11.7. The molecule has 5 nitrogen and oxygen atoms in total. The Labute approximate surface area is 237 Å². The van der Waals surface area contributed by atoms with Gasteiger partial charge in [-0.3, -0.25) is 9.69 Å². The summed E-state index contributed by atoms with van der Waals surface area (Å²) in [6.07, 6.45) is 1.39. The van der Waals surface area contributed by atoms with Gasteiger partial charge in [-0.2, -0.15) is 0 Å². The topological polar surface area (TPSA) is 36.0 Å². The minimum atomic E-state index is -0.274. The summed E-state index contributed by atoms with van der Waals surface area (Å²) in [6, 6.07) is 22.3. The molecule has 0 radical (unpaired) electrons. The molecule has 2 heterocycles. The Hall–Kier alpha value is -3.22. The van der Waals surface area contributed by atoms with Gasteiger partial charge in [0.2, 0.25) is 5.91 Å². The number of morpholine rings is 1. The van der Waals surface area contributed by atoms with E-state index in [-0.39, 0.29) is 11.7 Å². The molecule has 210 valence electrons. The number of amides is 1. The molecule has 0 bridgehead atoms. The molecule has 1 amide bonds. The minimum Gasteiger partial charge on any atom is -0.378 e. The number of rotatable bonds is 9. The van der Waals surface area contributed by atoms with Gasteiger partial charge in [-0.25, -0.2) is 4.39 Å². The van der Waals surface area contributed by atoms with E-state index in [0.29, 0.717) is 68.4 Å². The molecule has 0 spiro atoms. The number of carbonyl (C=O) groups is 1. The predicted octanol–water partition coefficient (Wildman–Crippen LogP) is 5.49. The SMILES string of the molecule is CCc1ccc(CN2CC3C(C2)C3CN(C(=O)Cc2ccccc2C)c2ccc(N3CCOCC3)c(F)c2)cc1. The minimum absolute atomic E-state index is 0.0330. The number of fused-ring (bicyclic) bond motifs is 1. The number of benzene rings is 3. The lowest BCUT2D eigenvalue weighted by Crippen LogP contribution is -2.38. The number of halogens is 1. The first-order valence-corrected chi connectivity index (χ1v) is 14.8. The maximum absolute atomic E-state index is 15.4. The first-order valence-electron chi connectivity index (χ1n) is 14.8. The van der Waals surface area contributed by atoms with Crippen molar-refractivity contribution in [2.75, 3.05) is 55.7 Å². The molecule has 40 heavy (non-hydrogen) atoms. The monoisotopic (exact) mass is 541 g/mol. The van der Waals surface area contributed by atoms with Gasteiger partial charge in [0.15, 0.2) is 0 Å². The largest absolute Gasteiger partial charge is 0.378 e. The average molecular weight is 542 g/mol. The number of piperidine rings is 1. The van der Waals surface area contributed by atoms with Crippen molar-refractivity contribution in [1.82, 2.24) is 4.90 Å². The second kappa shape index (κ2) is 11.7. The van der Waals surface area contributed by atoms with E-state index >= 15 is 4.39 Å². The van der Waals surface area contributed by atoms with Gasteiger partial charge in [0.05, 0.1) is 25.3 Å². The Kier molecular flexibility index (Phi) is 7.90. The van der Waals surface area contributed by atoms with Crippen LogP contribution in [0.25, 0.3) is 0 Å². The van der Waals surface area contributed by atoms with Crippen LogP contribution in [0.15, 0.2) is 66.7 Å². The summed E-state index contributed by atoms with van der Waals surface area (Å²) in [6.45, 7) is 10.5. The van der Waals surface area contributed by atoms with E-state index in [1.165, 1.54) is 11.1 Å². The Morgan fingerprint density at radius 3 is 2.35 bits per heavy atom. The number of carbonyl (C=O) groups excluding carboxylic acids is 1. The Morgan fingerprint density at radius 2 is 1.68 bits per heavy atom. The lowest BCUT2D eigenvalue weighted by molar-refractivity contribution is -0.118. The van der Waals surface area contributed by atoms with E-state index in [9.17, 15) is 4.79 Å². The van der Waals surface area contributed by atoms with Crippen LogP contribution in [-0.4, -0.2) is 56.7 Å². The fourth-order valence-electron chi connectivity index (χ4n) is 6.63. The van der Waals surface area contributed by atoms with Crippen molar-refractivity contribution in [3.8, 4) is 0 Å². The van der Waals surface area contributed by atoms with Crippen LogP contribution in [0.4, 0.5) is 15.8 Å². The molecular formula is C34H40FN3O2. The Bertz CT molecular complexity index is 1330. The van der Waals surface area contributed by atoms with Crippen LogP contribution in [0, 0.1) is 30.5 Å². The summed E-state index contributed by atoms with van der Waals surface area (Å²) >= 11 is 0. The number of likely N-dealkylation sites (tertiary alicyclic amines) is 1. The van der Waals surface area contributed by atoms with Gasteiger partial charge in [-0.15, -0.1) is 0 Å². The molecule has 3 aliphatic rings. The van der Waals surface area contributed by atoms with E-state index in [1.807, 2.05) is 53.1 Å². The van der Waals surface area contributed by atoms with Crippen LogP contribution in [-0.2, 0) is 28.9 Å². The van der Waals surface area contributed by atoms with Crippen molar-refractivity contribution in [2.45, 2.75) is 33.2 Å². The fraction of sp³-hybridized carbons (Fsp3) is 0.441. The summed E-state index contributed by atoms with van der Waals surface area (Å²) in [4.78, 5) is 20.2. The molecule has 2 unspecified atom stereocenters. The highest BCUT2D eigenvalue weighted by molar-refractivity contribution is 5.95. The first kappa shape index (κ1) is 27.0. The van der Waals surface area contributed by atoms with Gasteiger partial charge >= 0.3 is 0 Å². The molecule has 3 aromatic carbocycles. The zero-order chi connectivity index (χ0) is 27.6. The predicted molar refractivity (Wildman–Crippen MR) is 158 cm³/mol. The van der Waals surface area contributed by atoms with Crippen molar-refractivity contribution in [3.63, 3.8) is 0 Å².